The van der Waals surface area contributed by atoms with Crippen molar-refractivity contribution in [3.63, 3.8) is 0 Å². The third kappa shape index (κ3) is 6.35. The molecule has 2 aromatic rings. The van der Waals surface area contributed by atoms with Gasteiger partial charge in [0.15, 0.2) is 5.69 Å². The van der Waals surface area contributed by atoms with Crippen LogP contribution in [0.4, 0.5) is 6.01 Å². The Morgan fingerprint density at radius 3 is 2.41 bits per heavy atom. The number of carbonyl (C=O) groups is 3. The van der Waals surface area contributed by atoms with E-state index in [0.29, 0.717) is 24.0 Å². The molecule has 3 amide bonds. The SMILES string of the molecule is CC(C)[C@@H](NC(=O)c1coc(NC(=O)C2CCCC2)n1)C(=O)N1CCC(c2ccc(Cl)cc2)C(C)(C)C1. The molecular weight excluding hydrogens is 492 g/mol. The van der Waals surface area contributed by atoms with Crippen molar-refractivity contribution >= 4 is 35.3 Å². The number of nitrogens with zero attached hydrogens (tertiary/aromatic N) is 2. The van der Waals surface area contributed by atoms with Gasteiger partial charge in [0, 0.05) is 24.0 Å². The van der Waals surface area contributed by atoms with Gasteiger partial charge in [-0.1, -0.05) is 64.3 Å². The van der Waals surface area contributed by atoms with Crippen LogP contribution in [0.3, 0.4) is 0 Å². The summed E-state index contributed by atoms with van der Waals surface area (Å²) in [5, 5.41) is 6.22. The lowest BCUT2D eigenvalue weighted by molar-refractivity contribution is -0.138. The van der Waals surface area contributed by atoms with Crippen molar-refractivity contribution in [1.82, 2.24) is 15.2 Å². The van der Waals surface area contributed by atoms with Crippen LogP contribution >= 0.6 is 11.6 Å². The minimum absolute atomic E-state index is 0.000458. The molecule has 9 heteroatoms. The number of piperidine rings is 1. The maximum absolute atomic E-state index is 13.6. The minimum atomic E-state index is -0.705. The summed E-state index contributed by atoms with van der Waals surface area (Å²) in [6, 6.07) is 7.23. The van der Waals surface area contributed by atoms with Crippen molar-refractivity contribution in [3.05, 3.63) is 46.8 Å². The summed E-state index contributed by atoms with van der Waals surface area (Å²) in [7, 11) is 0. The smallest absolute Gasteiger partial charge is 0.302 e. The highest BCUT2D eigenvalue weighted by Gasteiger charge is 2.40. The van der Waals surface area contributed by atoms with Crippen LogP contribution in [-0.4, -0.2) is 46.7 Å². The molecule has 4 rings (SSSR count). The van der Waals surface area contributed by atoms with E-state index in [2.05, 4.69) is 41.6 Å². The van der Waals surface area contributed by atoms with Gasteiger partial charge in [0.2, 0.25) is 11.8 Å². The van der Waals surface area contributed by atoms with Crippen LogP contribution < -0.4 is 10.6 Å². The van der Waals surface area contributed by atoms with Crippen LogP contribution in [0.1, 0.15) is 81.8 Å². The van der Waals surface area contributed by atoms with E-state index in [1.54, 1.807) is 0 Å². The quantitative estimate of drug-likeness (QED) is 0.510. The number of benzene rings is 1. The molecule has 1 saturated carbocycles. The lowest BCUT2D eigenvalue weighted by atomic mass is 9.70. The fourth-order valence-corrected chi connectivity index (χ4v) is 5.74. The zero-order valence-corrected chi connectivity index (χ0v) is 22.8. The standard InChI is InChI=1S/C28H37ClN4O4/c1-17(2)23(31-25(35)22-15-37-27(30-22)32-24(34)19-7-5-6-8-19)26(36)33-14-13-21(28(3,4)16-33)18-9-11-20(29)12-10-18/h9-12,15,17,19,21,23H,5-8,13-14,16H2,1-4H3,(H,31,35)(H,30,32,34)/t21?,23-/m1/s1. The van der Waals surface area contributed by atoms with Crippen molar-refractivity contribution < 1.29 is 18.8 Å². The average Bonchev–Trinajstić information content (AvgIpc) is 3.55. The molecule has 1 saturated heterocycles. The minimum Gasteiger partial charge on any atom is -0.431 e. The van der Waals surface area contributed by atoms with E-state index >= 15 is 0 Å². The van der Waals surface area contributed by atoms with Crippen LogP contribution in [-0.2, 0) is 9.59 Å². The highest BCUT2D eigenvalue weighted by Crippen LogP contribution is 2.42. The van der Waals surface area contributed by atoms with Gasteiger partial charge in [-0.15, -0.1) is 0 Å². The second-order valence-electron chi connectivity index (χ2n) is 11.3. The molecular formula is C28H37ClN4O4. The zero-order chi connectivity index (χ0) is 26.7. The van der Waals surface area contributed by atoms with E-state index in [4.69, 9.17) is 16.0 Å². The Morgan fingerprint density at radius 1 is 1.11 bits per heavy atom. The summed E-state index contributed by atoms with van der Waals surface area (Å²) in [5.74, 6) is -0.612. The van der Waals surface area contributed by atoms with Crippen LogP contribution in [0, 0.1) is 17.3 Å². The number of oxazole rings is 1. The van der Waals surface area contributed by atoms with E-state index in [1.165, 1.54) is 11.8 Å². The Bertz CT molecular complexity index is 1120. The number of aromatic nitrogens is 1. The van der Waals surface area contributed by atoms with Gasteiger partial charge < -0.3 is 14.6 Å². The van der Waals surface area contributed by atoms with Gasteiger partial charge in [0.05, 0.1) is 0 Å². The molecule has 0 bridgehead atoms. The summed E-state index contributed by atoms with van der Waals surface area (Å²) in [4.78, 5) is 44.9. The number of carbonyl (C=O) groups excluding carboxylic acids is 3. The summed E-state index contributed by atoms with van der Waals surface area (Å²) < 4.78 is 5.32. The Balaban J connectivity index is 1.39. The molecule has 2 heterocycles. The van der Waals surface area contributed by atoms with Gasteiger partial charge in [0.1, 0.15) is 12.3 Å². The number of hydrogen-bond donors (Lipinski definition) is 2. The van der Waals surface area contributed by atoms with Gasteiger partial charge in [0.25, 0.3) is 5.91 Å². The number of nitrogens with one attached hydrogen (secondary N) is 2. The Hall–Kier alpha value is -2.87. The first-order valence-corrected chi connectivity index (χ1v) is 13.5. The number of anilines is 1. The van der Waals surface area contributed by atoms with E-state index in [-0.39, 0.29) is 40.8 Å². The number of likely N-dealkylation sites (tertiary alicyclic amines) is 1. The van der Waals surface area contributed by atoms with Crippen LogP contribution in [0.5, 0.6) is 0 Å². The molecule has 1 unspecified atom stereocenters. The molecule has 2 aliphatic rings. The fourth-order valence-electron chi connectivity index (χ4n) is 5.61. The molecule has 1 aliphatic heterocycles. The second kappa shape index (κ2) is 11.3. The van der Waals surface area contributed by atoms with Gasteiger partial charge in [-0.3, -0.25) is 19.7 Å². The number of rotatable bonds is 7. The normalized spacial score (nSPS) is 20.6. The van der Waals surface area contributed by atoms with Crippen molar-refractivity contribution in [3.8, 4) is 0 Å². The third-order valence-electron chi connectivity index (χ3n) is 7.73. The Morgan fingerprint density at radius 2 is 1.78 bits per heavy atom. The van der Waals surface area contributed by atoms with Crippen LogP contribution in [0.15, 0.2) is 34.9 Å². The molecule has 2 atom stereocenters. The highest BCUT2D eigenvalue weighted by atomic mass is 35.5. The third-order valence-corrected chi connectivity index (χ3v) is 7.98. The maximum atomic E-state index is 13.6. The molecule has 200 valence electrons. The molecule has 0 radical (unpaired) electrons. The monoisotopic (exact) mass is 528 g/mol. The van der Waals surface area contributed by atoms with E-state index < -0.39 is 11.9 Å². The largest absolute Gasteiger partial charge is 0.431 e. The number of amides is 3. The first-order valence-electron chi connectivity index (χ1n) is 13.2. The van der Waals surface area contributed by atoms with E-state index in [1.807, 2.05) is 30.9 Å². The maximum Gasteiger partial charge on any atom is 0.302 e. The topological polar surface area (TPSA) is 105 Å². The fraction of sp³-hybridized carbons (Fsp3) is 0.571. The number of halogens is 1. The molecule has 1 aromatic carbocycles. The first-order chi connectivity index (χ1) is 17.5. The first kappa shape index (κ1) is 27.2. The number of hydrogen-bond acceptors (Lipinski definition) is 5. The van der Waals surface area contributed by atoms with Crippen LogP contribution in [0.2, 0.25) is 5.02 Å². The molecule has 37 heavy (non-hydrogen) atoms. The van der Waals surface area contributed by atoms with Gasteiger partial charge >= 0.3 is 6.01 Å². The second-order valence-corrected chi connectivity index (χ2v) is 11.8. The highest BCUT2D eigenvalue weighted by molar-refractivity contribution is 6.30. The predicted octanol–water partition coefficient (Wildman–Crippen LogP) is 5.25. The van der Waals surface area contributed by atoms with Gasteiger partial charge in [-0.25, -0.2) is 0 Å². The summed E-state index contributed by atoms with van der Waals surface area (Å²) in [5.41, 5.74) is 1.10. The summed E-state index contributed by atoms with van der Waals surface area (Å²) >= 11 is 6.07. The Labute approximate surface area is 223 Å². The van der Waals surface area contributed by atoms with E-state index in [0.717, 1.165) is 32.1 Å². The van der Waals surface area contributed by atoms with Crippen molar-refractivity contribution in [2.24, 2.45) is 17.3 Å². The molecule has 8 nitrogen and oxygen atoms in total. The van der Waals surface area contributed by atoms with E-state index in [9.17, 15) is 14.4 Å². The summed E-state index contributed by atoms with van der Waals surface area (Å²) in [6.45, 7) is 9.35. The van der Waals surface area contributed by atoms with Crippen molar-refractivity contribution in [2.75, 3.05) is 18.4 Å². The molecule has 1 aliphatic carbocycles. The van der Waals surface area contributed by atoms with Crippen molar-refractivity contribution in [1.29, 1.82) is 0 Å². The average molecular weight is 529 g/mol. The zero-order valence-electron chi connectivity index (χ0n) is 22.1. The molecule has 0 spiro atoms. The summed E-state index contributed by atoms with van der Waals surface area (Å²) in [6.07, 6.45) is 5.82. The predicted molar refractivity (Wildman–Crippen MR) is 142 cm³/mol. The molecule has 2 fully saturated rings. The molecule has 2 N–H and O–H groups in total. The lowest BCUT2D eigenvalue weighted by Gasteiger charge is -2.45. The van der Waals surface area contributed by atoms with Gasteiger partial charge in [-0.2, -0.15) is 4.98 Å². The lowest BCUT2D eigenvalue weighted by Crippen LogP contribution is -2.55. The van der Waals surface area contributed by atoms with Gasteiger partial charge in [-0.05, 0) is 54.2 Å². The van der Waals surface area contributed by atoms with Crippen LogP contribution in [0.25, 0.3) is 0 Å². The van der Waals surface area contributed by atoms with Crippen molar-refractivity contribution in [2.45, 2.75) is 71.8 Å². The molecule has 1 aromatic heterocycles. The Kier molecular flexibility index (Phi) is 8.26.